The number of nitrogens with zero attached hydrogens (tertiary/aromatic N) is 1. The van der Waals surface area contributed by atoms with E-state index in [4.69, 9.17) is 14.2 Å². The minimum absolute atomic E-state index is 0.0264. The van der Waals surface area contributed by atoms with Crippen molar-refractivity contribution in [3.8, 4) is 11.1 Å². The Bertz CT molecular complexity index is 987. The number of hydrogen-bond donors (Lipinski definition) is 1. The molecule has 0 atom stereocenters. The molecular weight excluding hydrogens is 424 g/mol. The lowest BCUT2D eigenvalue weighted by Crippen LogP contribution is -2.33. The van der Waals surface area contributed by atoms with Crippen LogP contribution in [0.2, 0.25) is 0 Å². The minimum Gasteiger partial charge on any atom is -0.449 e. The van der Waals surface area contributed by atoms with Gasteiger partial charge in [-0.1, -0.05) is 48.5 Å². The van der Waals surface area contributed by atoms with Crippen LogP contribution in [0.4, 0.5) is 4.79 Å². The van der Waals surface area contributed by atoms with Crippen LogP contribution in [-0.2, 0) is 23.8 Å². The first-order valence-corrected chi connectivity index (χ1v) is 10.9. The summed E-state index contributed by atoms with van der Waals surface area (Å²) in [6, 6.07) is 16.4. The Morgan fingerprint density at radius 2 is 1.39 bits per heavy atom. The Balaban J connectivity index is 1.08. The van der Waals surface area contributed by atoms with Gasteiger partial charge in [-0.25, -0.2) is 4.79 Å². The van der Waals surface area contributed by atoms with Crippen molar-refractivity contribution in [3.05, 3.63) is 71.8 Å². The van der Waals surface area contributed by atoms with Crippen molar-refractivity contribution in [3.63, 3.8) is 0 Å². The van der Waals surface area contributed by atoms with Gasteiger partial charge in [0.05, 0.1) is 33.0 Å². The number of rotatable bonds is 11. The fourth-order valence-electron chi connectivity index (χ4n) is 4.00. The van der Waals surface area contributed by atoms with Gasteiger partial charge in [-0.3, -0.25) is 14.5 Å². The Labute approximate surface area is 192 Å². The van der Waals surface area contributed by atoms with Crippen LogP contribution in [0.3, 0.4) is 0 Å². The Morgan fingerprint density at radius 3 is 2.03 bits per heavy atom. The third-order valence-corrected chi connectivity index (χ3v) is 5.59. The van der Waals surface area contributed by atoms with Gasteiger partial charge in [0.25, 0.3) is 11.8 Å². The highest BCUT2D eigenvalue weighted by atomic mass is 16.6. The summed E-state index contributed by atoms with van der Waals surface area (Å²) < 4.78 is 16.2. The second kappa shape index (κ2) is 10.9. The van der Waals surface area contributed by atoms with E-state index < -0.39 is 6.09 Å². The molecule has 0 aromatic heterocycles. The molecule has 0 fully saturated rings. The van der Waals surface area contributed by atoms with Crippen LogP contribution in [0.25, 0.3) is 11.1 Å². The summed E-state index contributed by atoms with van der Waals surface area (Å²) >= 11 is 0. The van der Waals surface area contributed by atoms with Gasteiger partial charge >= 0.3 is 6.09 Å². The number of amides is 3. The van der Waals surface area contributed by atoms with Crippen molar-refractivity contribution in [2.45, 2.75) is 5.92 Å². The zero-order valence-electron chi connectivity index (χ0n) is 18.2. The highest BCUT2D eigenvalue weighted by Crippen LogP contribution is 2.44. The summed E-state index contributed by atoms with van der Waals surface area (Å²) in [5, 5.41) is 2.69. The number of imide groups is 1. The molecule has 172 valence electrons. The highest BCUT2D eigenvalue weighted by Gasteiger charge is 2.29. The number of alkyl carbamates (subject to hydrolysis) is 1. The Kier molecular flexibility index (Phi) is 7.49. The normalized spacial score (nSPS) is 14.5. The average Bonchev–Trinajstić information content (AvgIpc) is 3.33. The molecule has 4 rings (SSSR count). The minimum atomic E-state index is -0.481. The number of benzene rings is 2. The van der Waals surface area contributed by atoms with Crippen LogP contribution >= 0.6 is 0 Å². The van der Waals surface area contributed by atoms with Crippen LogP contribution in [0.5, 0.6) is 0 Å². The maximum atomic E-state index is 12.1. The molecule has 33 heavy (non-hydrogen) atoms. The van der Waals surface area contributed by atoms with Crippen LogP contribution in [-0.4, -0.2) is 68.9 Å². The van der Waals surface area contributed by atoms with Crippen molar-refractivity contribution in [2.75, 3.05) is 46.1 Å². The number of fused-ring (bicyclic) bond motifs is 3. The molecule has 2 aliphatic rings. The molecule has 8 heteroatoms. The van der Waals surface area contributed by atoms with Crippen LogP contribution in [0, 0.1) is 0 Å². The Morgan fingerprint density at radius 1 is 0.818 bits per heavy atom. The number of ether oxygens (including phenoxy) is 3. The largest absolute Gasteiger partial charge is 0.449 e. The molecule has 1 aliphatic heterocycles. The van der Waals surface area contributed by atoms with Gasteiger partial charge in [0.15, 0.2) is 0 Å². The SMILES string of the molecule is O=C(NCCOCCOCCN1C(=O)C=CC1=O)OCC1c2ccccc2-c2ccccc21. The van der Waals surface area contributed by atoms with E-state index in [9.17, 15) is 14.4 Å². The average molecular weight is 450 g/mol. The van der Waals surface area contributed by atoms with Gasteiger partial charge in [0.2, 0.25) is 0 Å². The van der Waals surface area contributed by atoms with E-state index >= 15 is 0 Å². The van der Waals surface area contributed by atoms with Crippen LogP contribution in [0.15, 0.2) is 60.7 Å². The first kappa shape index (κ1) is 22.7. The predicted molar refractivity (Wildman–Crippen MR) is 121 cm³/mol. The summed E-state index contributed by atoms with van der Waals surface area (Å²) in [4.78, 5) is 36.0. The highest BCUT2D eigenvalue weighted by molar-refractivity contribution is 6.12. The van der Waals surface area contributed by atoms with Crippen LogP contribution in [0.1, 0.15) is 17.0 Å². The van der Waals surface area contributed by atoms with Crippen molar-refractivity contribution in [1.29, 1.82) is 0 Å². The number of carbonyl (C=O) groups excluding carboxylic acids is 3. The quantitative estimate of drug-likeness (QED) is 0.418. The molecule has 0 saturated heterocycles. The van der Waals surface area contributed by atoms with Gasteiger partial charge < -0.3 is 19.5 Å². The maximum absolute atomic E-state index is 12.1. The zero-order valence-corrected chi connectivity index (χ0v) is 18.2. The monoisotopic (exact) mass is 450 g/mol. The van der Waals surface area contributed by atoms with Crippen molar-refractivity contribution < 1.29 is 28.6 Å². The fourth-order valence-corrected chi connectivity index (χ4v) is 4.00. The van der Waals surface area contributed by atoms with Gasteiger partial charge in [-0.2, -0.15) is 0 Å². The third-order valence-electron chi connectivity index (χ3n) is 5.59. The molecule has 1 N–H and O–H groups in total. The lowest BCUT2D eigenvalue weighted by atomic mass is 9.98. The predicted octanol–water partition coefficient (Wildman–Crippen LogP) is 2.48. The first-order valence-electron chi connectivity index (χ1n) is 10.9. The summed E-state index contributed by atoms with van der Waals surface area (Å²) in [7, 11) is 0. The number of hydrogen-bond acceptors (Lipinski definition) is 6. The second-order valence-electron chi connectivity index (χ2n) is 7.64. The summed E-state index contributed by atoms with van der Waals surface area (Å²) in [5.74, 6) is -0.614. The van der Waals surface area contributed by atoms with E-state index in [1.165, 1.54) is 34.4 Å². The molecule has 0 radical (unpaired) electrons. The van der Waals surface area contributed by atoms with Crippen molar-refractivity contribution in [1.82, 2.24) is 10.2 Å². The van der Waals surface area contributed by atoms with Crippen molar-refractivity contribution >= 4 is 17.9 Å². The zero-order chi connectivity index (χ0) is 23.0. The van der Waals surface area contributed by atoms with Crippen molar-refractivity contribution in [2.24, 2.45) is 0 Å². The topological polar surface area (TPSA) is 94.2 Å². The smallest absolute Gasteiger partial charge is 0.407 e. The van der Waals surface area contributed by atoms with E-state index in [-0.39, 0.29) is 37.5 Å². The summed E-state index contributed by atoms with van der Waals surface area (Å²) in [6.45, 7) is 2.04. The first-order chi connectivity index (χ1) is 16.1. The van der Waals surface area contributed by atoms with E-state index in [1.807, 2.05) is 24.3 Å². The van der Waals surface area contributed by atoms with E-state index in [1.54, 1.807) is 0 Å². The Hall–Kier alpha value is -3.49. The molecular formula is C25H26N2O6. The molecule has 1 heterocycles. The van der Waals surface area contributed by atoms with E-state index in [0.29, 0.717) is 26.4 Å². The van der Waals surface area contributed by atoms with Gasteiger partial charge in [-0.15, -0.1) is 0 Å². The maximum Gasteiger partial charge on any atom is 0.407 e. The number of nitrogens with one attached hydrogen (secondary N) is 1. The van der Waals surface area contributed by atoms with E-state index in [0.717, 1.165) is 4.90 Å². The molecule has 2 aromatic rings. The molecule has 8 nitrogen and oxygen atoms in total. The standard InChI is InChI=1S/C25H26N2O6/c28-23-9-10-24(29)27(23)12-14-32-16-15-31-13-11-26-25(30)33-17-22-20-7-3-1-5-18(20)19-6-2-4-8-21(19)22/h1-10,22H,11-17H2,(H,26,30). The van der Waals surface area contributed by atoms with Crippen LogP contribution < -0.4 is 5.32 Å². The third kappa shape index (κ3) is 5.47. The fraction of sp³-hybridized carbons (Fsp3) is 0.320. The van der Waals surface area contributed by atoms with E-state index in [2.05, 4.69) is 29.6 Å². The summed E-state index contributed by atoms with van der Waals surface area (Å²) in [6.07, 6.45) is 2.01. The van der Waals surface area contributed by atoms with Gasteiger partial charge in [0.1, 0.15) is 6.61 Å². The molecule has 0 unspecified atom stereocenters. The molecule has 1 aliphatic carbocycles. The number of carbonyl (C=O) groups is 3. The molecule has 0 saturated carbocycles. The molecule has 0 bridgehead atoms. The summed E-state index contributed by atoms with van der Waals surface area (Å²) in [5.41, 5.74) is 4.72. The molecule has 0 spiro atoms. The van der Waals surface area contributed by atoms with Gasteiger partial charge in [0, 0.05) is 24.6 Å². The second-order valence-corrected chi connectivity index (χ2v) is 7.64. The lowest BCUT2D eigenvalue weighted by Gasteiger charge is -2.15. The van der Waals surface area contributed by atoms with Gasteiger partial charge in [-0.05, 0) is 22.3 Å². The molecule has 3 amide bonds. The lowest BCUT2D eigenvalue weighted by molar-refractivity contribution is -0.137. The molecule has 2 aromatic carbocycles.